The molecule has 3 aliphatic heterocycles. The van der Waals surface area contributed by atoms with Crippen LogP contribution in [0.25, 0.3) is 0 Å². The van der Waals surface area contributed by atoms with Crippen LogP contribution in [-0.2, 0) is 33.3 Å². The number of furan rings is 1. The third-order valence-corrected chi connectivity index (χ3v) is 8.89. The van der Waals surface area contributed by atoms with Gasteiger partial charge in [-0.1, -0.05) is 13.5 Å². The summed E-state index contributed by atoms with van der Waals surface area (Å²) in [6.45, 7) is 10.4. The molecule has 4 aliphatic rings. The molecule has 34 heavy (non-hydrogen) atoms. The molecule has 0 N–H and O–H groups in total. The highest BCUT2D eigenvalue weighted by molar-refractivity contribution is 5.75. The Balaban J connectivity index is 1.60. The van der Waals surface area contributed by atoms with Crippen molar-refractivity contribution in [1.29, 1.82) is 0 Å². The quantitative estimate of drug-likeness (QED) is 0.369. The lowest BCUT2D eigenvalue weighted by atomic mass is 9.49. The Bertz CT molecular complexity index is 1030. The number of hydrogen-bond donors (Lipinski definition) is 0. The van der Waals surface area contributed by atoms with Crippen molar-refractivity contribution < 1.29 is 37.7 Å². The Hall–Kier alpha value is -2.61. The molecule has 1 spiro atoms. The van der Waals surface area contributed by atoms with Crippen LogP contribution >= 0.6 is 0 Å². The van der Waals surface area contributed by atoms with E-state index in [-0.39, 0.29) is 49.0 Å². The number of rotatable bonds is 4. The average Bonchev–Trinajstić information content (AvgIpc) is 3.38. The van der Waals surface area contributed by atoms with Crippen molar-refractivity contribution in [2.45, 2.75) is 76.3 Å². The van der Waals surface area contributed by atoms with Crippen molar-refractivity contribution in [3.8, 4) is 0 Å². The van der Waals surface area contributed by atoms with E-state index in [9.17, 15) is 14.4 Å². The molecule has 1 aromatic rings. The van der Waals surface area contributed by atoms with E-state index in [1.54, 1.807) is 18.6 Å². The van der Waals surface area contributed by atoms with E-state index in [1.807, 2.05) is 13.8 Å². The van der Waals surface area contributed by atoms with Crippen LogP contribution in [0, 0.1) is 23.2 Å². The molecule has 1 aromatic heterocycles. The molecular weight excluding hydrogens is 440 g/mol. The lowest BCUT2D eigenvalue weighted by Gasteiger charge is -2.65. The highest BCUT2D eigenvalue weighted by Gasteiger charge is 2.69. The Labute approximate surface area is 198 Å². The van der Waals surface area contributed by atoms with Crippen LogP contribution < -0.4 is 0 Å². The van der Waals surface area contributed by atoms with Gasteiger partial charge in [-0.3, -0.25) is 14.4 Å². The van der Waals surface area contributed by atoms with E-state index in [4.69, 9.17) is 23.4 Å². The first kappa shape index (κ1) is 23.1. The zero-order valence-electron chi connectivity index (χ0n) is 20.1. The fourth-order valence-corrected chi connectivity index (χ4v) is 7.20. The fraction of sp³-hybridized carbons (Fsp3) is 0.654. The van der Waals surface area contributed by atoms with Gasteiger partial charge in [0.05, 0.1) is 45.0 Å². The largest absolute Gasteiger partial charge is 0.472 e. The molecular formula is C26H32O8. The molecule has 7 atom stereocenters. The third kappa shape index (κ3) is 3.17. The molecule has 4 fully saturated rings. The number of hydrogen-bond acceptors (Lipinski definition) is 8. The minimum Gasteiger partial charge on any atom is -0.472 e. The summed E-state index contributed by atoms with van der Waals surface area (Å²) in [7, 11) is 1.35. The molecule has 0 aromatic carbocycles. The highest BCUT2D eigenvalue weighted by Crippen LogP contribution is 2.67. The minimum absolute atomic E-state index is 0.0228. The average molecular weight is 473 g/mol. The topological polar surface area (TPSA) is 101 Å². The maximum atomic E-state index is 12.9. The summed E-state index contributed by atoms with van der Waals surface area (Å²) in [5, 5.41) is 0. The van der Waals surface area contributed by atoms with Crippen molar-refractivity contribution in [3.05, 3.63) is 36.3 Å². The number of ether oxygens (including phenoxy) is 4. The molecule has 1 unspecified atom stereocenters. The molecule has 8 heteroatoms. The highest BCUT2D eigenvalue weighted by atomic mass is 16.6. The van der Waals surface area contributed by atoms with Crippen LogP contribution in [0.1, 0.15) is 64.5 Å². The second-order valence-corrected chi connectivity index (χ2v) is 10.9. The van der Waals surface area contributed by atoms with Crippen molar-refractivity contribution in [2.24, 2.45) is 23.2 Å². The lowest BCUT2D eigenvalue weighted by molar-refractivity contribution is -0.273. The molecule has 184 valence electrons. The molecule has 0 amide bonds. The van der Waals surface area contributed by atoms with Gasteiger partial charge < -0.3 is 23.4 Å². The fourth-order valence-electron chi connectivity index (χ4n) is 7.20. The van der Waals surface area contributed by atoms with Gasteiger partial charge in [-0.2, -0.15) is 0 Å². The molecule has 3 saturated heterocycles. The van der Waals surface area contributed by atoms with E-state index < -0.39 is 34.8 Å². The van der Waals surface area contributed by atoms with E-state index in [1.165, 1.54) is 7.11 Å². The molecule has 1 saturated carbocycles. The second kappa shape index (κ2) is 7.70. The summed E-state index contributed by atoms with van der Waals surface area (Å²) in [6, 6.07) is 1.80. The predicted molar refractivity (Wildman–Crippen MR) is 118 cm³/mol. The van der Waals surface area contributed by atoms with Gasteiger partial charge in [0, 0.05) is 16.9 Å². The molecule has 8 nitrogen and oxygen atoms in total. The standard InChI is InChI=1S/C26H32O8/c1-14-16-6-8-25(4)23(15-7-9-31-13-15)32-21(29)12-26(14,25)33-18(11-19(27)30-5)22(16)17-10-20(28)34-24(17,2)3/h7,9,13,16-18,22-23H,1,6,8,10-12H2,2-5H3/t16-,17?,18-,22+,23-,25-,26-/m0/s1. The van der Waals surface area contributed by atoms with Crippen LogP contribution in [0.2, 0.25) is 0 Å². The van der Waals surface area contributed by atoms with Crippen LogP contribution in [0.4, 0.5) is 0 Å². The maximum absolute atomic E-state index is 12.9. The first-order valence-corrected chi connectivity index (χ1v) is 11.9. The van der Waals surface area contributed by atoms with Gasteiger partial charge in [0.25, 0.3) is 0 Å². The van der Waals surface area contributed by atoms with Gasteiger partial charge >= 0.3 is 17.9 Å². The van der Waals surface area contributed by atoms with E-state index in [0.29, 0.717) is 0 Å². The summed E-state index contributed by atoms with van der Waals surface area (Å²) in [5.41, 5.74) is -0.693. The zero-order valence-corrected chi connectivity index (χ0v) is 20.1. The van der Waals surface area contributed by atoms with Gasteiger partial charge in [-0.15, -0.1) is 0 Å². The summed E-state index contributed by atoms with van der Waals surface area (Å²) >= 11 is 0. The van der Waals surface area contributed by atoms with Gasteiger partial charge in [0.15, 0.2) is 0 Å². The van der Waals surface area contributed by atoms with Gasteiger partial charge in [-0.25, -0.2) is 0 Å². The van der Waals surface area contributed by atoms with Crippen molar-refractivity contribution in [1.82, 2.24) is 0 Å². The molecule has 4 heterocycles. The van der Waals surface area contributed by atoms with Gasteiger partial charge in [0.2, 0.25) is 0 Å². The number of esters is 3. The Morgan fingerprint density at radius 2 is 2.00 bits per heavy atom. The SMILES string of the molecule is C=C1[C@@H]2CC[C@@]3(C)[C@H](c4ccoc4)OC(=O)C[C@]13O[C@@H](CC(=O)OC)[C@H]2C1CC(=O)OC1(C)C. The smallest absolute Gasteiger partial charge is 0.309 e. The normalized spacial score (nSPS) is 40.8. The Kier molecular flexibility index (Phi) is 5.24. The van der Waals surface area contributed by atoms with E-state index in [0.717, 1.165) is 24.0 Å². The maximum Gasteiger partial charge on any atom is 0.309 e. The number of carbonyl (C=O) groups is 3. The van der Waals surface area contributed by atoms with Crippen LogP contribution in [0.3, 0.4) is 0 Å². The Morgan fingerprint density at radius 3 is 2.62 bits per heavy atom. The Morgan fingerprint density at radius 1 is 1.24 bits per heavy atom. The third-order valence-electron chi connectivity index (χ3n) is 8.89. The zero-order chi connectivity index (χ0) is 24.5. The molecule has 5 rings (SSSR count). The predicted octanol–water partition coefficient (Wildman–Crippen LogP) is 3.90. The summed E-state index contributed by atoms with van der Waals surface area (Å²) in [5.74, 6) is -1.38. The molecule has 2 bridgehead atoms. The second-order valence-electron chi connectivity index (χ2n) is 10.9. The van der Waals surface area contributed by atoms with Crippen molar-refractivity contribution in [3.63, 3.8) is 0 Å². The number of cyclic esters (lactones) is 2. The monoisotopic (exact) mass is 472 g/mol. The van der Waals surface area contributed by atoms with Crippen LogP contribution in [-0.4, -0.2) is 42.3 Å². The van der Waals surface area contributed by atoms with Gasteiger partial charge in [0.1, 0.15) is 17.3 Å². The first-order valence-electron chi connectivity index (χ1n) is 11.9. The van der Waals surface area contributed by atoms with Crippen molar-refractivity contribution >= 4 is 17.9 Å². The summed E-state index contributed by atoms with van der Waals surface area (Å²) < 4.78 is 28.7. The van der Waals surface area contributed by atoms with Crippen LogP contribution in [0.15, 0.2) is 35.2 Å². The number of methoxy groups -OCH3 is 1. The minimum atomic E-state index is -1.00. The van der Waals surface area contributed by atoms with E-state index in [2.05, 4.69) is 13.5 Å². The molecule has 1 aliphatic carbocycles. The van der Waals surface area contributed by atoms with Crippen LogP contribution in [0.5, 0.6) is 0 Å². The number of carbonyl (C=O) groups excluding carboxylic acids is 3. The first-order chi connectivity index (χ1) is 16.0. The van der Waals surface area contributed by atoms with Crippen molar-refractivity contribution in [2.75, 3.05) is 7.11 Å². The molecule has 0 radical (unpaired) electrons. The lowest BCUT2D eigenvalue weighted by Crippen LogP contribution is -2.68. The van der Waals surface area contributed by atoms with Gasteiger partial charge in [-0.05, 0) is 50.2 Å². The number of fused-ring (bicyclic) bond motifs is 1. The van der Waals surface area contributed by atoms with E-state index >= 15 is 0 Å². The summed E-state index contributed by atoms with van der Waals surface area (Å²) in [6.07, 6.45) is 3.84. The summed E-state index contributed by atoms with van der Waals surface area (Å²) in [4.78, 5) is 37.7.